The number of halogens is 2. The van der Waals surface area contributed by atoms with Gasteiger partial charge >= 0.3 is 5.97 Å². The van der Waals surface area contributed by atoms with Crippen molar-refractivity contribution in [3.63, 3.8) is 0 Å². The van der Waals surface area contributed by atoms with E-state index in [1.54, 1.807) is 0 Å². The van der Waals surface area contributed by atoms with Gasteiger partial charge in [0.05, 0.1) is 0 Å². The van der Waals surface area contributed by atoms with Gasteiger partial charge in [0.15, 0.2) is 0 Å². The first-order valence-electron chi connectivity index (χ1n) is 2.64. The molecule has 0 spiro atoms. The Labute approximate surface area is 73.9 Å². The number of rotatable bonds is 3. The third kappa shape index (κ3) is 3.39. The van der Waals surface area contributed by atoms with Crippen LogP contribution in [-0.2, 0) is 14.3 Å². The lowest BCUT2D eigenvalue weighted by molar-refractivity contribution is -0.150. The molecule has 0 heterocycles. The number of carbonyl (C=O) groups is 2. The lowest BCUT2D eigenvalue weighted by Crippen LogP contribution is -2.30. The fourth-order valence-electron chi connectivity index (χ4n) is 0.271. The molecule has 62 valence electrons. The van der Waals surface area contributed by atoms with Crippen LogP contribution in [0.3, 0.4) is 0 Å². The number of ether oxygens (including phenoxy) is 1. The summed E-state index contributed by atoms with van der Waals surface area (Å²) in [5.41, 5.74) is 0. The summed E-state index contributed by atoms with van der Waals surface area (Å²) in [6, 6.07) is 0. The van der Waals surface area contributed by atoms with Crippen molar-refractivity contribution in [3.05, 3.63) is 12.7 Å². The number of hydrogen-bond acceptors (Lipinski definition) is 3. The predicted octanol–water partition coefficient (Wildman–Crippen LogP) is 1.44. The average molecular weight is 197 g/mol. The monoisotopic (exact) mass is 196 g/mol. The van der Waals surface area contributed by atoms with Crippen molar-refractivity contribution >= 4 is 34.4 Å². The summed E-state index contributed by atoms with van der Waals surface area (Å²) in [5, 5.41) is -2.75. The summed E-state index contributed by atoms with van der Waals surface area (Å²) in [6.45, 7) is 4.29. The van der Waals surface area contributed by atoms with Gasteiger partial charge in [0.2, 0.25) is 0 Å². The zero-order chi connectivity index (χ0) is 9.07. The second-order valence-corrected chi connectivity index (χ2v) is 2.88. The number of alkyl halides is 1. The van der Waals surface area contributed by atoms with Crippen molar-refractivity contribution in [1.82, 2.24) is 0 Å². The van der Waals surface area contributed by atoms with Crippen LogP contribution in [0.15, 0.2) is 12.7 Å². The molecule has 1 atom stereocenters. The molecule has 0 N–H and O–H groups in total. The third-order valence-corrected chi connectivity index (χ3v) is 1.52. The Morgan fingerprint density at radius 2 is 2.09 bits per heavy atom. The molecule has 0 aromatic heterocycles. The Bertz CT molecular complexity index is 198. The molecule has 3 nitrogen and oxygen atoms in total. The Morgan fingerprint density at radius 1 is 1.64 bits per heavy atom. The van der Waals surface area contributed by atoms with Crippen molar-refractivity contribution in [3.8, 4) is 0 Å². The molecular formula is C6H6Cl2O3. The smallest absolute Gasteiger partial charge is 0.332 e. The van der Waals surface area contributed by atoms with E-state index >= 15 is 0 Å². The SMILES string of the molecule is C=CC(=O)OC(C)(Cl)C(=O)Cl. The van der Waals surface area contributed by atoms with Crippen LogP contribution in [-0.4, -0.2) is 16.3 Å². The van der Waals surface area contributed by atoms with Crippen molar-refractivity contribution in [1.29, 1.82) is 0 Å². The van der Waals surface area contributed by atoms with Gasteiger partial charge in [-0.2, -0.15) is 0 Å². The standard InChI is InChI=1S/C6H6Cl2O3/c1-3-4(9)11-6(2,8)5(7)10/h3H,1H2,2H3. The fourth-order valence-corrected chi connectivity index (χ4v) is 0.385. The van der Waals surface area contributed by atoms with Gasteiger partial charge in [-0.15, -0.1) is 0 Å². The Hall–Kier alpha value is -0.540. The molecule has 0 aliphatic carbocycles. The molecule has 0 amide bonds. The maximum atomic E-state index is 10.5. The van der Waals surface area contributed by atoms with Crippen molar-refractivity contribution in [2.75, 3.05) is 0 Å². The number of esters is 1. The van der Waals surface area contributed by atoms with Crippen LogP contribution in [0.1, 0.15) is 6.92 Å². The zero-order valence-electron chi connectivity index (χ0n) is 5.77. The van der Waals surface area contributed by atoms with Gasteiger partial charge in [-0.1, -0.05) is 18.2 Å². The molecule has 0 aliphatic heterocycles. The molecule has 0 saturated carbocycles. The number of hydrogen-bond donors (Lipinski definition) is 0. The first kappa shape index (κ1) is 10.5. The summed E-state index contributed by atoms with van der Waals surface area (Å²) >= 11 is 10.4. The van der Waals surface area contributed by atoms with Gasteiger partial charge in [-0.3, -0.25) is 4.79 Å². The van der Waals surface area contributed by atoms with Gasteiger partial charge in [0.25, 0.3) is 10.3 Å². The molecule has 0 aromatic rings. The fraction of sp³-hybridized carbons (Fsp3) is 0.333. The molecule has 0 aromatic carbocycles. The highest BCUT2D eigenvalue weighted by atomic mass is 35.5. The highest BCUT2D eigenvalue weighted by Gasteiger charge is 2.32. The molecule has 5 heteroatoms. The maximum Gasteiger partial charge on any atom is 0.332 e. The summed E-state index contributed by atoms with van der Waals surface area (Å²) in [6.07, 6.45) is 0.889. The summed E-state index contributed by atoms with van der Waals surface area (Å²) < 4.78 is 4.38. The zero-order valence-corrected chi connectivity index (χ0v) is 7.28. The third-order valence-electron chi connectivity index (χ3n) is 0.810. The van der Waals surface area contributed by atoms with Crippen LogP contribution >= 0.6 is 23.2 Å². The van der Waals surface area contributed by atoms with Crippen LogP contribution < -0.4 is 0 Å². The summed E-state index contributed by atoms with van der Waals surface area (Å²) in [5.74, 6) is -0.795. The first-order chi connectivity index (χ1) is 4.90. The lowest BCUT2D eigenvalue weighted by Gasteiger charge is -2.15. The Kier molecular flexibility index (Phi) is 3.55. The molecule has 0 fully saturated rings. The van der Waals surface area contributed by atoms with E-state index in [1.807, 2.05) is 0 Å². The molecule has 0 rings (SSSR count). The van der Waals surface area contributed by atoms with E-state index in [4.69, 9.17) is 23.2 Å². The van der Waals surface area contributed by atoms with Gasteiger partial charge in [-0.05, 0) is 18.5 Å². The average Bonchev–Trinajstić information content (AvgIpc) is 1.86. The van der Waals surface area contributed by atoms with E-state index in [0.717, 1.165) is 6.08 Å². The molecule has 0 saturated heterocycles. The van der Waals surface area contributed by atoms with Gasteiger partial charge < -0.3 is 4.74 Å². The highest BCUT2D eigenvalue weighted by molar-refractivity contribution is 6.70. The minimum atomic E-state index is -1.80. The molecule has 1 unspecified atom stereocenters. The van der Waals surface area contributed by atoms with Gasteiger partial charge in [0.1, 0.15) is 0 Å². The van der Waals surface area contributed by atoms with Gasteiger partial charge in [-0.25, -0.2) is 4.79 Å². The van der Waals surface area contributed by atoms with Crippen LogP contribution in [0.25, 0.3) is 0 Å². The van der Waals surface area contributed by atoms with E-state index in [9.17, 15) is 9.59 Å². The minimum Gasteiger partial charge on any atom is -0.431 e. The van der Waals surface area contributed by atoms with E-state index in [2.05, 4.69) is 11.3 Å². The van der Waals surface area contributed by atoms with Crippen molar-refractivity contribution in [2.24, 2.45) is 0 Å². The maximum absolute atomic E-state index is 10.5. The van der Waals surface area contributed by atoms with Crippen LogP contribution in [0, 0.1) is 0 Å². The molecular weight excluding hydrogens is 191 g/mol. The molecule has 0 aliphatic rings. The summed E-state index contributed by atoms with van der Waals surface area (Å²) in [4.78, 5) is 20.9. The normalized spacial score (nSPS) is 14.8. The molecule has 0 radical (unpaired) electrons. The van der Waals surface area contributed by atoms with Crippen molar-refractivity contribution < 1.29 is 14.3 Å². The number of carbonyl (C=O) groups excluding carboxylic acids is 2. The minimum absolute atomic E-state index is 0.795. The molecule has 11 heavy (non-hydrogen) atoms. The second kappa shape index (κ2) is 3.74. The van der Waals surface area contributed by atoms with Crippen molar-refractivity contribution in [2.45, 2.75) is 12.0 Å². The van der Waals surface area contributed by atoms with E-state index in [1.165, 1.54) is 6.92 Å². The van der Waals surface area contributed by atoms with Crippen LogP contribution in [0.2, 0.25) is 0 Å². The van der Waals surface area contributed by atoms with Gasteiger partial charge in [0, 0.05) is 6.08 Å². The van der Waals surface area contributed by atoms with E-state index in [-0.39, 0.29) is 0 Å². The van der Waals surface area contributed by atoms with Crippen LogP contribution in [0.5, 0.6) is 0 Å². The second-order valence-electron chi connectivity index (χ2n) is 1.82. The predicted molar refractivity (Wildman–Crippen MR) is 41.4 cm³/mol. The first-order valence-corrected chi connectivity index (χ1v) is 3.40. The largest absolute Gasteiger partial charge is 0.431 e. The van der Waals surface area contributed by atoms with Crippen LogP contribution in [0.4, 0.5) is 0 Å². The van der Waals surface area contributed by atoms with E-state index < -0.39 is 16.3 Å². The summed E-state index contributed by atoms with van der Waals surface area (Å²) in [7, 11) is 0. The quantitative estimate of drug-likeness (QED) is 0.297. The highest BCUT2D eigenvalue weighted by Crippen LogP contribution is 2.19. The topological polar surface area (TPSA) is 43.4 Å². The Morgan fingerprint density at radius 3 is 2.36 bits per heavy atom. The van der Waals surface area contributed by atoms with E-state index in [0.29, 0.717) is 0 Å². The Balaban J connectivity index is 4.23. The molecule has 0 bridgehead atoms. The lowest BCUT2D eigenvalue weighted by atomic mass is 10.4.